The molecule has 1 aliphatic carbocycles. The van der Waals surface area contributed by atoms with E-state index in [0.717, 1.165) is 22.8 Å². The van der Waals surface area contributed by atoms with Crippen LogP contribution < -0.4 is 0 Å². The predicted octanol–water partition coefficient (Wildman–Crippen LogP) is 5.12. The first kappa shape index (κ1) is 13.1. The summed E-state index contributed by atoms with van der Waals surface area (Å²) in [7, 11) is 0. The van der Waals surface area contributed by atoms with Gasteiger partial charge in [0.2, 0.25) is 0 Å². The lowest BCUT2D eigenvalue weighted by molar-refractivity contribution is 0.102. The zero-order valence-electron chi connectivity index (χ0n) is 12.3. The Hall–Kier alpha value is -2.61. The Bertz CT molecular complexity index is 950. The van der Waals surface area contributed by atoms with Crippen molar-refractivity contribution in [3.05, 3.63) is 71.5 Å². The highest BCUT2D eigenvalue weighted by molar-refractivity contribution is 6.15. The van der Waals surface area contributed by atoms with E-state index >= 15 is 0 Å². The van der Waals surface area contributed by atoms with Crippen molar-refractivity contribution in [1.29, 1.82) is 0 Å². The fraction of sp³-hybridized carbons (Fsp3) is 0.150. The van der Waals surface area contributed by atoms with Gasteiger partial charge in [-0.25, -0.2) is 0 Å². The summed E-state index contributed by atoms with van der Waals surface area (Å²) in [6.07, 6.45) is 1.56. The highest BCUT2D eigenvalue weighted by Crippen LogP contribution is 2.38. The Balaban J connectivity index is 2.08. The van der Waals surface area contributed by atoms with Gasteiger partial charge in [-0.3, -0.25) is 4.79 Å². The number of aliphatic hydroxyl groups excluding tert-OH is 1. The molecular formula is C20H16O2. The molecule has 0 spiro atoms. The Labute approximate surface area is 128 Å². The minimum Gasteiger partial charge on any atom is -0.515 e. The van der Waals surface area contributed by atoms with Crippen LogP contribution in [-0.4, -0.2) is 10.9 Å². The van der Waals surface area contributed by atoms with Crippen molar-refractivity contribution in [2.24, 2.45) is 0 Å². The number of fused-ring (bicyclic) bond motifs is 4. The highest BCUT2D eigenvalue weighted by atomic mass is 16.2. The SMILES string of the molecule is C[C@@H]1C/C(=C/O)C(=O)c2cc3ccc4ccccc4c3cc21. The van der Waals surface area contributed by atoms with E-state index < -0.39 is 0 Å². The van der Waals surface area contributed by atoms with E-state index in [0.29, 0.717) is 12.0 Å². The molecule has 0 unspecified atom stereocenters. The maximum atomic E-state index is 12.5. The molecule has 0 radical (unpaired) electrons. The quantitative estimate of drug-likeness (QED) is 0.354. The summed E-state index contributed by atoms with van der Waals surface area (Å²) in [5.41, 5.74) is 2.31. The molecule has 0 fully saturated rings. The lowest BCUT2D eigenvalue weighted by atomic mass is 9.79. The van der Waals surface area contributed by atoms with Crippen LogP contribution in [0.4, 0.5) is 0 Å². The third-order valence-corrected chi connectivity index (χ3v) is 4.66. The Morgan fingerprint density at radius 1 is 1.05 bits per heavy atom. The molecule has 2 heteroatoms. The van der Waals surface area contributed by atoms with Crippen LogP contribution in [0.15, 0.2) is 60.4 Å². The van der Waals surface area contributed by atoms with Crippen molar-refractivity contribution < 1.29 is 9.90 Å². The van der Waals surface area contributed by atoms with E-state index in [1.165, 1.54) is 16.2 Å². The number of ketones is 1. The topological polar surface area (TPSA) is 37.3 Å². The number of carbonyl (C=O) groups is 1. The van der Waals surface area contributed by atoms with E-state index in [-0.39, 0.29) is 11.7 Å². The maximum absolute atomic E-state index is 12.5. The molecule has 2 nitrogen and oxygen atoms in total. The van der Waals surface area contributed by atoms with Crippen molar-refractivity contribution in [1.82, 2.24) is 0 Å². The van der Waals surface area contributed by atoms with E-state index in [2.05, 4.69) is 37.3 Å². The number of Topliss-reactive ketones (excluding diaryl/α,β-unsaturated/α-hetero) is 1. The average molecular weight is 288 g/mol. The molecule has 0 aliphatic heterocycles. The summed E-state index contributed by atoms with van der Waals surface area (Å²) in [6, 6.07) is 16.6. The molecule has 0 amide bonds. The lowest BCUT2D eigenvalue weighted by Gasteiger charge is -2.24. The van der Waals surface area contributed by atoms with Crippen molar-refractivity contribution >= 4 is 27.3 Å². The first-order valence-electron chi connectivity index (χ1n) is 7.52. The minimum atomic E-state index is -0.0503. The van der Waals surface area contributed by atoms with E-state index in [1.807, 2.05) is 18.2 Å². The van der Waals surface area contributed by atoms with Crippen molar-refractivity contribution in [2.45, 2.75) is 19.3 Å². The normalized spacial score (nSPS) is 19.8. The molecule has 3 aromatic rings. The third kappa shape index (κ3) is 1.77. The molecule has 0 saturated heterocycles. The number of allylic oxidation sites excluding steroid dienone is 1. The maximum Gasteiger partial charge on any atom is 0.192 e. The van der Waals surface area contributed by atoms with Gasteiger partial charge in [0, 0.05) is 11.1 Å². The second-order valence-corrected chi connectivity index (χ2v) is 6.04. The molecular weight excluding hydrogens is 272 g/mol. The third-order valence-electron chi connectivity index (χ3n) is 4.66. The molecule has 4 rings (SSSR count). The molecule has 1 N–H and O–H groups in total. The number of aliphatic hydroxyl groups is 1. The largest absolute Gasteiger partial charge is 0.515 e. The lowest BCUT2D eigenvalue weighted by Crippen LogP contribution is -2.17. The van der Waals surface area contributed by atoms with Gasteiger partial charge < -0.3 is 5.11 Å². The zero-order chi connectivity index (χ0) is 15.3. The smallest absolute Gasteiger partial charge is 0.192 e. The van der Waals surface area contributed by atoms with Gasteiger partial charge in [-0.05, 0) is 51.6 Å². The molecule has 1 atom stereocenters. The van der Waals surface area contributed by atoms with Crippen LogP contribution in [0, 0.1) is 0 Å². The van der Waals surface area contributed by atoms with Crippen molar-refractivity contribution in [3.63, 3.8) is 0 Å². The van der Waals surface area contributed by atoms with Crippen LogP contribution in [0.3, 0.4) is 0 Å². The van der Waals surface area contributed by atoms with Crippen LogP contribution in [0.2, 0.25) is 0 Å². The zero-order valence-corrected chi connectivity index (χ0v) is 12.3. The second-order valence-electron chi connectivity index (χ2n) is 6.04. The molecule has 1 aliphatic rings. The number of carbonyl (C=O) groups excluding carboxylic acids is 1. The van der Waals surface area contributed by atoms with Crippen LogP contribution >= 0.6 is 0 Å². The van der Waals surface area contributed by atoms with E-state index in [4.69, 9.17) is 0 Å². The van der Waals surface area contributed by atoms with Gasteiger partial charge in [-0.2, -0.15) is 0 Å². The Kier molecular flexibility index (Phi) is 2.80. The molecule has 0 bridgehead atoms. The summed E-state index contributed by atoms with van der Waals surface area (Å²) in [6.45, 7) is 2.10. The summed E-state index contributed by atoms with van der Waals surface area (Å²) < 4.78 is 0. The van der Waals surface area contributed by atoms with Crippen molar-refractivity contribution in [3.8, 4) is 0 Å². The van der Waals surface area contributed by atoms with Gasteiger partial charge >= 0.3 is 0 Å². The fourth-order valence-electron chi connectivity index (χ4n) is 3.49. The van der Waals surface area contributed by atoms with Gasteiger partial charge in [-0.15, -0.1) is 0 Å². The molecule has 0 aromatic heterocycles. The van der Waals surface area contributed by atoms with Crippen LogP contribution in [-0.2, 0) is 0 Å². The summed E-state index contributed by atoms with van der Waals surface area (Å²) >= 11 is 0. The number of hydrogen-bond donors (Lipinski definition) is 1. The first-order chi connectivity index (χ1) is 10.7. The fourth-order valence-corrected chi connectivity index (χ4v) is 3.49. The van der Waals surface area contributed by atoms with E-state index in [1.54, 1.807) is 0 Å². The summed E-state index contributed by atoms with van der Waals surface area (Å²) in [4.78, 5) is 12.5. The minimum absolute atomic E-state index is 0.0503. The molecule has 108 valence electrons. The van der Waals surface area contributed by atoms with Gasteiger partial charge in [0.05, 0.1) is 6.26 Å². The van der Waals surface area contributed by atoms with Gasteiger partial charge in [0.25, 0.3) is 0 Å². The monoisotopic (exact) mass is 288 g/mol. The van der Waals surface area contributed by atoms with Gasteiger partial charge in [-0.1, -0.05) is 43.3 Å². The number of hydrogen-bond acceptors (Lipinski definition) is 2. The highest BCUT2D eigenvalue weighted by Gasteiger charge is 2.27. The number of benzene rings is 3. The number of rotatable bonds is 0. The first-order valence-corrected chi connectivity index (χ1v) is 7.52. The van der Waals surface area contributed by atoms with Gasteiger partial charge in [0.1, 0.15) is 0 Å². The molecule has 0 saturated carbocycles. The average Bonchev–Trinajstić information content (AvgIpc) is 2.56. The standard InChI is InChI=1S/C20H16O2/c1-12-8-15(11-21)20(22)19-9-14-7-6-13-4-2-3-5-16(13)18(14)10-17(12)19/h2-7,9-12,21H,8H2,1H3/b15-11-/t12-/m1/s1. The van der Waals surface area contributed by atoms with Crippen LogP contribution in [0.1, 0.15) is 35.2 Å². The molecule has 3 aromatic carbocycles. The predicted molar refractivity (Wildman–Crippen MR) is 89.5 cm³/mol. The Morgan fingerprint density at radius 3 is 2.64 bits per heavy atom. The molecule has 22 heavy (non-hydrogen) atoms. The van der Waals surface area contributed by atoms with E-state index in [9.17, 15) is 9.90 Å². The summed E-state index contributed by atoms with van der Waals surface area (Å²) in [5, 5.41) is 14.0. The van der Waals surface area contributed by atoms with Gasteiger partial charge in [0.15, 0.2) is 5.78 Å². The van der Waals surface area contributed by atoms with Crippen LogP contribution in [0.25, 0.3) is 21.5 Å². The summed E-state index contributed by atoms with van der Waals surface area (Å²) in [5.74, 6) is 0.181. The molecule has 0 heterocycles. The van der Waals surface area contributed by atoms with Crippen molar-refractivity contribution in [2.75, 3.05) is 0 Å². The Morgan fingerprint density at radius 2 is 1.82 bits per heavy atom. The van der Waals surface area contributed by atoms with Crippen LogP contribution in [0.5, 0.6) is 0 Å². The second kappa shape index (κ2) is 4.70.